The van der Waals surface area contributed by atoms with Gasteiger partial charge in [-0.1, -0.05) is 18.2 Å². The Morgan fingerprint density at radius 1 is 1.12 bits per heavy atom. The number of hydrogen-bond donors (Lipinski definition) is 2. The highest BCUT2D eigenvalue weighted by Gasteiger charge is 2.24. The van der Waals surface area contributed by atoms with Crippen LogP contribution in [0.3, 0.4) is 0 Å². The van der Waals surface area contributed by atoms with Gasteiger partial charge >= 0.3 is 0 Å². The van der Waals surface area contributed by atoms with Crippen molar-refractivity contribution in [2.45, 2.75) is 25.3 Å². The molecule has 24 heavy (non-hydrogen) atoms. The molecule has 0 atom stereocenters. The molecule has 1 aliphatic rings. The summed E-state index contributed by atoms with van der Waals surface area (Å²) in [5.74, 6) is -0.835. The number of nitrogens with one attached hydrogen (secondary N) is 2. The highest BCUT2D eigenvalue weighted by molar-refractivity contribution is 5.99. The number of carbonyl (C=O) groups is 2. The van der Waals surface area contributed by atoms with Crippen LogP contribution in [0.15, 0.2) is 42.7 Å². The second-order valence-corrected chi connectivity index (χ2v) is 5.81. The molecule has 5 nitrogen and oxygen atoms in total. The monoisotopic (exact) mass is 327 g/mol. The van der Waals surface area contributed by atoms with Crippen LogP contribution >= 0.6 is 0 Å². The molecule has 1 aromatic heterocycles. The molecule has 1 aromatic carbocycles. The molecule has 0 bridgehead atoms. The van der Waals surface area contributed by atoms with Crippen LogP contribution in [0.25, 0.3) is 0 Å². The van der Waals surface area contributed by atoms with Gasteiger partial charge in [0.25, 0.3) is 11.8 Å². The fourth-order valence-corrected chi connectivity index (χ4v) is 2.30. The Balaban J connectivity index is 1.56. The molecule has 3 rings (SSSR count). The number of hydrogen-bond acceptors (Lipinski definition) is 3. The predicted molar refractivity (Wildman–Crippen MR) is 87.2 cm³/mol. The molecule has 2 aromatic rings. The van der Waals surface area contributed by atoms with E-state index in [1.165, 1.54) is 24.5 Å². The molecule has 0 unspecified atom stereocenters. The minimum absolute atomic E-state index is 0.217. The van der Waals surface area contributed by atoms with E-state index in [1.54, 1.807) is 18.2 Å². The van der Waals surface area contributed by atoms with Gasteiger partial charge in [0.15, 0.2) is 0 Å². The zero-order chi connectivity index (χ0) is 16.9. The smallest absolute Gasteiger partial charge is 0.253 e. The predicted octanol–water partition coefficient (Wildman–Crippen LogP) is 2.09. The molecular formula is C18H18FN3O2. The molecule has 1 aliphatic carbocycles. The van der Waals surface area contributed by atoms with Gasteiger partial charge in [-0.2, -0.15) is 0 Å². The molecule has 2 amide bonds. The van der Waals surface area contributed by atoms with Crippen LogP contribution in [0.5, 0.6) is 0 Å². The molecule has 1 heterocycles. The zero-order valence-corrected chi connectivity index (χ0v) is 13.1. The third kappa shape index (κ3) is 4.16. The lowest BCUT2D eigenvalue weighted by atomic mass is 10.1. The number of pyridine rings is 1. The molecule has 2 N–H and O–H groups in total. The number of nitrogens with zero attached hydrogens (tertiary/aromatic N) is 1. The van der Waals surface area contributed by atoms with E-state index in [-0.39, 0.29) is 23.7 Å². The van der Waals surface area contributed by atoms with E-state index in [0.717, 1.165) is 12.8 Å². The standard InChI is InChI=1S/C18H18FN3O2/c19-16-4-2-1-3-12(16)7-8-21-17(23)13-9-14(11-20-10-13)18(24)22-15-5-6-15/h1-4,9-11,15H,5-8H2,(H,21,23)(H,22,24). The van der Waals surface area contributed by atoms with Crippen LogP contribution < -0.4 is 10.6 Å². The molecule has 0 spiro atoms. The summed E-state index contributed by atoms with van der Waals surface area (Å²) in [6.07, 6.45) is 5.23. The maximum atomic E-state index is 13.5. The zero-order valence-electron chi connectivity index (χ0n) is 13.1. The Labute approximate surface area is 139 Å². The van der Waals surface area contributed by atoms with E-state index in [9.17, 15) is 14.0 Å². The molecular weight excluding hydrogens is 309 g/mol. The van der Waals surface area contributed by atoms with E-state index in [4.69, 9.17) is 0 Å². The van der Waals surface area contributed by atoms with Crippen LogP contribution in [-0.2, 0) is 6.42 Å². The van der Waals surface area contributed by atoms with Crippen molar-refractivity contribution in [3.05, 3.63) is 65.2 Å². The number of benzene rings is 1. The lowest BCUT2D eigenvalue weighted by molar-refractivity contribution is 0.0950. The highest BCUT2D eigenvalue weighted by Crippen LogP contribution is 2.19. The summed E-state index contributed by atoms with van der Waals surface area (Å²) in [6.45, 7) is 0.304. The first-order chi connectivity index (χ1) is 11.6. The van der Waals surface area contributed by atoms with Gasteiger partial charge in [-0.3, -0.25) is 14.6 Å². The average Bonchev–Trinajstić information content (AvgIpc) is 3.40. The first-order valence-corrected chi connectivity index (χ1v) is 7.91. The molecule has 6 heteroatoms. The van der Waals surface area contributed by atoms with Crippen molar-refractivity contribution in [2.75, 3.05) is 6.54 Å². The normalized spacial score (nSPS) is 13.4. The maximum Gasteiger partial charge on any atom is 0.253 e. The number of carbonyl (C=O) groups excluding carboxylic acids is 2. The van der Waals surface area contributed by atoms with E-state index >= 15 is 0 Å². The first-order valence-electron chi connectivity index (χ1n) is 7.91. The fraction of sp³-hybridized carbons (Fsp3) is 0.278. The second kappa shape index (κ2) is 7.21. The number of halogens is 1. The lowest BCUT2D eigenvalue weighted by Gasteiger charge is -2.07. The summed E-state index contributed by atoms with van der Waals surface area (Å²) < 4.78 is 13.5. The van der Waals surface area contributed by atoms with Crippen molar-refractivity contribution < 1.29 is 14.0 Å². The summed E-state index contributed by atoms with van der Waals surface area (Å²) in [5, 5.41) is 5.57. The Morgan fingerprint density at radius 2 is 1.83 bits per heavy atom. The fourth-order valence-electron chi connectivity index (χ4n) is 2.30. The van der Waals surface area contributed by atoms with Crippen LogP contribution in [0.2, 0.25) is 0 Å². The molecule has 0 radical (unpaired) electrons. The van der Waals surface area contributed by atoms with Gasteiger partial charge in [0.1, 0.15) is 5.82 Å². The van der Waals surface area contributed by atoms with Crippen molar-refractivity contribution in [1.29, 1.82) is 0 Å². The van der Waals surface area contributed by atoms with E-state index in [2.05, 4.69) is 15.6 Å². The Hall–Kier alpha value is -2.76. The van der Waals surface area contributed by atoms with Crippen LogP contribution in [0, 0.1) is 5.82 Å². The molecule has 0 aliphatic heterocycles. The SMILES string of the molecule is O=C(NCCc1ccccc1F)c1cncc(C(=O)NC2CC2)c1. The van der Waals surface area contributed by atoms with Gasteiger partial charge in [0, 0.05) is 25.0 Å². The van der Waals surface area contributed by atoms with E-state index < -0.39 is 0 Å². The Bertz CT molecular complexity index is 759. The number of aromatic nitrogens is 1. The van der Waals surface area contributed by atoms with Crippen LogP contribution in [0.4, 0.5) is 4.39 Å². The average molecular weight is 327 g/mol. The van der Waals surface area contributed by atoms with Gasteiger partial charge in [0.2, 0.25) is 0 Å². The third-order valence-electron chi connectivity index (χ3n) is 3.81. The van der Waals surface area contributed by atoms with Crippen molar-refractivity contribution in [1.82, 2.24) is 15.6 Å². The van der Waals surface area contributed by atoms with Crippen molar-refractivity contribution in [3.63, 3.8) is 0 Å². The summed E-state index contributed by atoms with van der Waals surface area (Å²) >= 11 is 0. The number of rotatable bonds is 6. The van der Waals surface area contributed by atoms with Crippen molar-refractivity contribution >= 4 is 11.8 Å². The lowest BCUT2D eigenvalue weighted by Crippen LogP contribution is -2.28. The van der Waals surface area contributed by atoms with Gasteiger partial charge in [-0.05, 0) is 37.0 Å². The largest absolute Gasteiger partial charge is 0.352 e. The third-order valence-corrected chi connectivity index (χ3v) is 3.81. The van der Waals surface area contributed by atoms with Crippen LogP contribution in [-0.4, -0.2) is 29.4 Å². The molecule has 124 valence electrons. The summed E-state index contributed by atoms with van der Waals surface area (Å²) in [6, 6.07) is 8.22. The Morgan fingerprint density at radius 3 is 2.54 bits per heavy atom. The quantitative estimate of drug-likeness (QED) is 0.853. The minimum Gasteiger partial charge on any atom is -0.352 e. The summed E-state index contributed by atoms with van der Waals surface area (Å²) in [4.78, 5) is 28.1. The maximum absolute atomic E-state index is 13.5. The van der Waals surface area contributed by atoms with E-state index in [1.807, 2.05) is 0 Å². The van der Waals surface area contributed by atoms with Gasteiger partial charge in [-0.25, -0.2) is 4.39 Å². The Kier molecular flexibility index (Phi) is 4.84. The van der Waals surface area contributed by atoms with Gasteiger partial charge in [0.05, 0.1) is 11.1 Å². The van der Waals surface area contributed by atoms with E-state index in [0.29, 0.717) is 29.7 Å². The highest BCUT2D eigenvalue weighted by atomic mass is 19.1. The second-order valence-electron chi connectivity index (χ2n) is 5.81. The first kappa shape index (κ1) is 16.1. The summed E-state index contributed by atoms with van der Waals surface area (Å²) in [7, 11) is 0. The van der Waals surface area contributed by atoms with Gasteiger partial charge < -0.3 is 10.6 Å². The number of amides is 2. The van der Waals surface area contributed by atoms with Gasteiger partial charge in [-0.15, -0.1) is 0 Å². The molecule has 1 saturated carbocycles. The molecule has 1 fully saturated rings. The van der Waals surface area contributed by atoms with Crippen molar-refractivity contribution in [3.8, 4) is 0 Å². The summed E-state index contributed by atoms with van der Waals surface area (Å²) in [5.41, 5.74) is 1.23. The topological polar surface area (TPSA) is 71.1 Å². The minimum atomic E-state index is -0.333. The van der Waals surface area contributed by atoms with Crippen LogP contribution in [0.1, 0.15) is 39.1 Å². The van der Waals surface area contributed by atoms with Crippen molar-refractivity contribution in [2.24, 2.45) is 0 Å². The molecule has 0 saturated heterocycles.